The van der Waals surface area contributed by atoms with Gasteiger partial charge in [-0.25, -0.2) is 0 Å². The lowest BCUT2D eigenvalue weighted by molar-refractivity contribution is 0.338. The first-order valence-corrected chi connectivity index (χ1v) is 42.4. The van der Waals surface area contributed by atoms with E-state index in [9.17, 15) is 0 Å². The molecule has 0 unspecified atom stereocenters. The lowest BCUT2D eigenvalue weighted by atomic mass is 9.88. The second-order valence-corrected chi connectivity index (χ2v) is 42.8. The van der Waals surface area contributed by atoms with E-state index in [0.29, 0.717) is 27.1 Å². The van der Waals surface area contributed by atoms with Crippen LogP contribution in [0.1, 0.15) is 380 Å². The summed E-state index contributed by atoms with van der Waals surface area (Å²) in [5.74, 6) is 3.54. The van der Waals surface area contributed by atoms with Gasteiger partial charge in [0.1, 0.15) is 0 Å². The zero-order valence-electron chi connectivity index (χ0n) is 68.8. The first-order valence-electron chi connectivity index (χ1n) is 35.3. The van der Waals surface area contributed by atoms with E-state index in [-0.39, 0.29) is 0 Å². The van der Waals surface area contributed by atoms with Gasteiger partial charge < -0.3 is 0 Å². The molecule has 510 valence electrons. The van der Waals surface area contributed by atoms with Crippen molar-refractivity contribution in [3.8, 4) is 0 Å². The molecule has 0 N–H and O–H groups in total. The van der Waals surface area contributed by atoms with Crippen LogP contribution in [0.25, 0.3) is 0 Å². The average Bonchev–Trinajstić information content (AvgIpc) is 3.37. The third kappa shape index (κ3) is 291. The lowest BCUT2D eigenvalue weighted by Crippen LogP contribution is -2.25. The monoisotopic (exact) mass is 1190 g/mol. The molecule has 0 aliphatic carbocycles. The van der Waals surface area contributed by atoms with Crippen LogP contribution in [0.4, 0.5) is 0 Å². The Labute approximate surface area is 532 Å². The molecular formula is C79H186Si2. The molecule has 81 heavy (non-hydrogen) atoms. The number of rotatable bonds is 10. The van der Waals surface area contributed by atoms with E-state index in [1.165, 1.54) is 101 Å². The van der Waals surface area contributed by atoms with E-state index in [0.717, 1.165) is 23.7 Å². The molecule has 1 aromatic carbocycles. The van der Waals surface area contributed by atoms with E-state index in [4.69, 9.17) is 0 Å². The zero-order valence-corrected chi connectivity index (χ0v) is 70.8. The molecule has 2 heteroatoms. The maximum Gasteiger partial charge on any atom is 0.0496 e. The molecule has 0 saturated carbocycles. The van der Waals surface area contributed by atoms with Crippen molar-refractivity contribution in [2.45, 2.75) is 433 Å². The van der Waals surface area contributed by atoms with Crippen LogP contribution in [-0.2, 0) is 0 Å². The molecule has 1 rings (SSSR count). The number of aryl methyl sites for hydroxylation is 1. The van der Waals surface area contributed by atoms with Gasteiger partial charge in [0.2, 0.25) is 0 Å². The highest BCUT2D eigenvalue weighted by atomic mass is 28.3. The summed E-state index contributed by atoms with van der Waals surface area (Å²) in [6.45, 7) is 109. The van der Waals surface area contributed by atoms with Crippen molar-refractivity contribution in [3.63, 3.8) is 0 Å². The van der Waals surface area contributed by atoms with Gasteiger partial charge in [-0.2, -0.15) is 0 Å². The van der Waals surface area contributed by atoms with E-state index in [2.05, 4.69) is 322 Å². The molecule has 0 heterocycles. The van der Waals surface area contributed by atoms with Crippen LogP contribution in [0.2, 0.25) is 50.9 Å². The molecule has 1 aromatic rings. The van der Waals surface area contributed by atoms with Crippen LogP contribution >= 0.6 is 0 Å². The molecule has 0 spiro atoms. The second kappa shape index (κ2) is 83.9. The van der Waals surface area contributed by atoms with Crippen LogP contribution in [0.5, 0.6) is 0 Å². The fourth-order valence-electron chi connectivity index (χ4n) is 1.82. The summed E-state index contributed by atoms with van der Waals surface area (Å²) in [7, 11) is -1.28. The second-order valence-electron chi connectivity index (χ2n) is 31.1. The van der Waals surface area contributed by atoms with Crippen LogP contribution in [0.15, 0.2) is 30.3 Å². The summed E-state index contributed by atoms with van der Waals surface area (Å²) in [5.41, 5.74) is 4.03. The summed E-state index contributed by atoms with van der Waals surface area (Å²) in [4.78, 5) is 0. The highest BCUT2D eigenvalue weighted by Crippen LogP contribution is 2.23. The zero-order chi connectivity index (χ0) is 69.5. The van der Waals surface area contributed by atoms with Crippen LogP contribution in [-0.4, -0.2) is 16.1 Å². The molecule has 0 aliphatic heterocycles. The smallest absolute Gasteiger partial charge is 0.0496 e. The van der Waals surface area contributed by atoms with Crippen molar-refractivity contribution in [2.24, 2.45) is 50.7 Å². The molecule has 0 saturated heterocycles. The highest BCUT2D eigenvalue weighted by molar-refractivity contribution is 6.78. The average molecular weight is 1190 g/mol. The molecule has 0 radical (unpaired) electrons. The van der Waals surface area contributed by atoms with Gasteiger partial charge in [-0.15, -0.1) is 0 Å². The van der Waals surface area contributed by atoms with Gasteiger partial charge in [0.25, 0.3) is 0 Å². The normalized spacial score (nSPS) is 10.2. The lowest BCUT2D eigenvalue weighted by Gasteiger charge is -2.20. The molecule has 0 nitrogen and oxygen atoms in total. The van der Waals surface area contributed by atoms with Gasteiger partial charge in [-0.1, -0.05) is 462 Å². The molecule has 0 aliphatic rings. The van der Waals surface area contributed by atoms with E-state index in [1.807, 2.05) is 45.9 Å². The third-order valence-electron chi connectivity index (χ3n) is 12.1. The van der Waals surface area contributed by atoms with E-state index < -0.39 is 16.1 Å². The molecule has 0 amide bonds. The van der Waals surface area contributed by atoms with Gasteiger partial charge >= 0.3 is 0 Å². The Morgan fingerprint density at radius 1 is 0.358 bits per heavy atom. The third-order valence-corrected chi connectivity index (χ3v) is 17.2. The summed E-state index contributed by atoms with van der Waals surface area (Å²) in [5, 5.41) is 0. The van der Waals surface area contributed by atoms with Crippen LogP contribution in [0.3, 0.4) is 0 Å². The van der Waals surface area contributed by atoms with E-state index in [1.54, 1.807) is 0 Å². The van der Waals surface area contributed by atoms with Crippen molar-refractivity contribution < 1.29 is 0 Å². The summed E-state index contributed by atoms with van der Waals surface area (Å²) < 4.78 is 0. The number of hydrogen-bond acceptors (Lipinski definition) is 0. The molecular weight excluding hydrogens is 1010 g/mol. The van der Waals surface area contributed by atoms with Gasteiger partial charge in [0.05, 0.1) is 0 Å². The minimum absolute atomic E-state index is 0.500. The largest absolute Gasteiger partial charge is 0.0697 e. The Balaban J connectivity index is -0.0000000446. The standard InChI is InChI=1S/C7H18Si.C7H8.C7H16.4C6H14.3C5H12.C4H12Si.2C4H10.C3H8.2C2H6/c1-5-8(4,6-2)7-3;1-7-5-3-2-4-6-7;1-5-7(3,4)6-2;3*1-5-6(2,3)4;1-4-6(3)5-2;1-5(2,3)4;2*1-4-5(2)3;1-5(2,3)4;1-4(2)3;1-3-4-2;1-3-2;2*1-2/h5-7H2,1-4H3;2-6H,1H3;5-6H2,1-4H3;3*5H2,1-4H3;6H,4-5H2,1-3H3;1-4H3;2*5H,4H2,1-3H3;1-4H3;4H,1-3H3;3-4H2,1-2H3;3H2,1-2H3;2*1-2H3. The Kier molecular flexibility index (Phi) is 123. The fourth-order valence-corrected chi connectivity index (χ4v) is 3.32. The van der Waals surface area contributed by atoms with Crippen molar-refractivity contribution in [1.82, 2.24) is 0 Å². The van der Waals surface area contributed by atoms with Gasteiger partial charge in [-0.3, -0.25) is 0 Å². The summed E-state index contributed by atoms with van der Waals surface area (Å²) in [6, 6.07) is 14.6. The Bertz CT molecular complexity index is 966. The molecule has 0 aromatic heterocycles. The fraction of sp³-hybridized carbons (Fsp3) is 0.924. The van der Waals surface area contributed by atoms with Crippen molar-refractivity contribution in [1.29, 1.82) is 0 Å². The minimum Gasteiger partial charge on any atom is -0.0697 e. The maximum absolute atomic E-state index is 2.49. The molecule has 0 bridgehead atoms. The summed E-state index contributed by atoms with van der Waals surface area (Å²) >= 11 is 0. The van der Waals surface area contributed by atoms with Gasteiger partial charge in [0.15, 0.2) is 0 Å². The number of unbranched alkanes of at least 4 members (excludes halogenated alkanes) is 1. The Hall–Kier alpha value is -0.346. The molecule has 0 fully saturated rings. The predicted octanol–water partition coefficient (Wildman–Crippen LogP) is 32.8. The Morgan fingerprint density at radius 2 is 0.519 bits per heavy atom. The van der Waals surface area contributed by atoms with Crippen molar-refractivity contribution >= 4 is 16.1 Å². The minimum atomic E-state index is -0.671. The van der Waals surface area contributed by atoms with Crippen LogP contribution < -0.4 is 0 Å². The number of hydrogen-bond donors (Lipinski definition) is 0. The van der Waals surface area contributed by atoms with Crippen molar-refractivity contribution in [3.05, 3.63) is 35.9 Å². The maximum atomic E-state index is 2.49. The van der Waals surface area contributed by atoms with Crippen LogP contribution in [0, 0.1) is 57.7 Å². The van der Waals surface area contributed by atoms with Gasteiger partial charge in [0, 0.05) is 16.1 Å². The highest BCUT2D eigenvalue weighted by Gasteiger charge is 2.18. The quantitative estimate of drug-likeness (QED) is 0.205. The Morgan fingerprint density at radius 3 is 0.543 bits per heavy atom. The SMILES string of the molecule is CC.CC.CC(C)(C)C.CC(C)C.CCC.CCC(C)(C)C.CCC(C)(C)C.CCC(C)(C)C.CCC(C)(C)CC.CCC(C)C.CCC(C)C.CCC(C)CC.CCCC.CC[Si](C)(CC)CC.C[Si](C)(C)C.Cc1ccccc1. The number of benzene rings is 1. The van der Waals surface area contributed by atoms with E-state index >= 15 is 0 Å². The first-order chi connectivity index (χ1) is 36.3. The first kappa shape index (κ1) is 119. The predicted molar refractivity (Wildman–Crippen MR) is 412 cm³/mol. The topological polar surface area (TPSA) is 0 Å². The van der Waals surface area contributed by atoms with Crippen molar-refractivity contribution in [2.75, 3.05) is 0 Å². The molecule has 0 atom stereocenters. The summed E-state index contributed by atoms with van der Waals surface area (Å²) in [6.07, 6.45) is 15.6. The van der Waals surface area contributed by atoms with Gasteiger partial charge in [-0.05, 0) is 57.7 Å².